The number of anilines is 1. The van der Waals surface area contributed by atoms with E-state index in [9.17, 15) is 4.79 Å². The van der Waals surface area contributed by atoms with Gasteiger partial charge in [-0.1, -0.05) is 26.8 Å². The van der Waals surface area contributed by atoms with Crippen molar-refractivity contribution in [1.29, 1.82) is 0 Å². The molecule has 0 bridgehead atoms. The molecule has 3 nitrogen and oxygen atoms in total. The van der Waals surface area contributed by atoms with Gasteiger partial charge in [-0.05, 0) is 36.1 Å². The molecule has 1 aliphatic heterocycles. The second-order valence-electron chi connectivity index (χ2n) is 5.63. The highest BCUT2D eigenvalue weighted by Crippen LogP contribution is 2.39. The first-order valence-corrected chi connectivity index (χ1v) is 7.12. The van der Waals surface area contributed by atoms with E-state index in [1.807, 2.05) is 6.07 Å². The summed E-state index contributed by atoms with van der Waals surface area (Å²) >= 11 is 1.63. The average Bonchev–Trinajstić information content (AvgIpc) is 2.28. The largest absolute Gasteiger partial charge is 0.330 e. The van der Waals surface area contributed by atoms with Gasteiger partial charge in [0, 0.05) is 4.90 Å². The fourth-order valence-electron chi connectivity index (χ4n) is 1.95. The highest BCUT2D eigenvalue weighted by atomic mass is 32.2. The van der Waals surface area contributed by atoms with Gasteiger partial charge < -0.3 is 11.1 Å². The number of carbonyl (C=O) groups is 1. The lowest BCUT2D eigenvalue weighted by Crippen LogP contribution is -2.31. The molecule has 0 aliphatic carbocycles. The minimum Gasteiger partial charge on any atom is -0.330 e. The Morgan fingerprint density at radius 3 is 2.72 bits per heavy atom. The molecule has 1 atom stereocenters. The molecule has 3 N–H and O–H groups in total. The van der Waals surface area contributed by atoms with Crippen LogP contribution < -0.4 is 11.1 Å². The molecule has 1 aromatic rings. The van der Waals surface area contributed by atoms with Crippen LogP contribution in [0, 0.1) is 0 Å². The third-order valence-electron chi connectivity index (χ3n) is 3.10. The number of nitrogens with one attached hydrogen (secondary N) is 1. The van der Waals surface area contributed by atoms with E-state index in [1.165, 1.54) is 5.56 Å². The summed E-state index contributed by atoms with van der Waals surface area (Å²) in [6.45, 7) is 7.12. The Bertz CT molecular complexity index is 465. The number of amides is 1. The normalized spacial score (nSPS) is 19.3. The monoisotopic (exact) mass is 264 g/mol. The Kier molecular flexibility index (Phi) is 3.69. The Balaban J connectivity index is 2.31. The quantitative estimate of drug-likeness (QED) is 0.863. The van der Waals surface area contributed by atoms with Crippen LogP contribution in [0.3, 0.4) is 0 Å². The molecular formula is C14H20N2OS. The molecule has 18 heavy (non-hydrogen) atoms. The van der Waals surface area contributed by atoms with Crippen molar-refractivity contribution in [1.82, 2.24) is 0 Å². The summed E-state index contributed by atoms with van der Waals surface area (Å²) in [6, 6.07) is 6.27. The van der Waals surface area contributed by atoms with Crippen LogP contribution in [0.25, 0.3) is 0 Å². The van der Waals surface area contributed by atoms with Crippen LogP contribution in [-0.2, 0) is 10.2 Å². The van der Waals surface area contributed by atoms with Gasteiger partial charge in [-0.2, -0.15) is 0 Å². The molecule has 1 unspecified atom stereocenters. The van der Waals surface area contributed by atoms with Crippen LogP contribution in [-0.4, -0.2) is 17.7 Å². The molecule has 0 aromatic heterocycles. The van der Waals surface area contributed by atoms with Crippen molar-refractivity contribution >= 4 is 23.4 Å². The Morgan fingerprint density at radius 2 is 2.11 bits per heavy atom. The summed E-state index contributed by atoms with van der Waals surface area (Å²) in [4.78, 5) is 13.0. The van der Waals surface area contributed by atoms with Crippen LogP contribution >= 0.6 is 11.8 Å². The zero-order chi connectivity index (χ0) is 13.3. The maximum absolute atomic E-state index is 11.8. The van der Waals surface area contributed by atoms with E-state index in [-0.39, 0.29) is 16.6 Å². The summed E-state index contributed by atoms with van der Waals surface area (Å²) in [7, 11) is 0. The highest BCUT2D eigenvalue weighted by Gasteiger charge is 2.27. The molecule has 4 heteroatoms. The number of benzene rings is 1. The Hall–Kier alpha value is -1.00. The number of fused-ring (bicyclic) bond motifs is 1. The first-order chi connectivity index (χ1) is 8.41. The first-order valence-electron chi connectivity index (χ1n) is 6.24. The van der Waals surface area contributed by atoms with E-state index >= 15 is 0 Å². The van der Waals surface area contributed by atoms with Crippen LogP contribution in [0.4, 0.5) is 5.69 Å². The molecule has 1 aliphatic rings. The van der Waals surface area contributed by atoms with E-state index in [2.05, 4.69) is 38.2 Å². The van der Waals surface area contributed by atoms with Gasteiger partial charge in [0.25, 0.3) is 0 Å². The van der Waals surface area contributed by atoms with Crippen molar-refractivity contribution in [2.24, 2.45) is 5.73 Å². The summed E-state index contributed by atoms with van der Waals surface area (Å²) in [5.41, 5.74) is 7.88. The SMILES string of the molecule is CC(C)(C)c1ccc2c(c1)SC(CCN)C(=O)N2. The number of carbonyl (C=O) groups excluding carboxylic acids is 1. The second kappa shape index (κ2) is 4.94. The summed E-state index contributed by atoms with van der Waals surface area (Å²) < 4.78 is 0. The topological polar surface area (TPSA) is 55.1 Å². The summed E-state index contributed by atoms with van der Waals surface area (Å²) in [6.07, 6.45) is 0.718. The summed E-state index contributed by atoms with van der Waals surface area (Å²) in [5, 5.41) is 2.90. The van der Waals surface area contributed by atoms with Gasteiger partial charge in [0.1, 0.15) is 0 Å². The second-order valence-corrected chi connectivity index (χ2v) is 6.88. The van der Waals surface area contributed by atoms with Gasteiger partial charge in [0.15, 0.2) is 0 Å². The average molecular weight is 264 g/mol. The molecule has 0 radical (unpaired) electrons. The maximum Gasteiger partial charge on any atom is 0.237 e. The summed E-state index contributed by atoms with van der Waals surface area (Å²) in [5.74, 6) is 0.0708. The van der Waals surface area contributed by atoms with Crippen LogP contribution in [0.15, 0.2) is 23.1 Å². The van der Waals surface area contributed by atoms with Crippen LogP contribution in [0.2, 0.25) is 0 Å². The predicted molar refractivity (Wildman–Crippen MR) is 77.1 cm³/mol. The zero-order valence-corrected chi connectivity index (χ0v) is 11.9. The van der Waals surface area contributed by atoms with Crippen molar-refractivity contribution in [3.8, 4) is 0 Å². The molecule has 1 amide bonds. The zero-order valence-electron chi connectivity index (χ0n) is 11.1. The van der Waals surface area contributed by atoms with Crippen molar-refractivity contribution in [3.05, 3.63) is 23.8 Å². The third kappa shape index (κ3) is 2.70. The molecule has 98 valence electrons. The number of rotatable bonds is 2. The van der Waals surface area contributed by atoms with Gasteiger partial charge in [0.2, 0.25) is 5.91 Å². The molecule has 0 spiro atoms. The number of hydrogen-bond acceptors (Lipinski definition) is 3. The number of hydrogen-bond donors (Lipinski definition) is 2. The third-order valence-corrected chi connectivity index (χ3v) is 4.42. The minimum atomic E-state index is -0.0577. The standard InChI is InChI=1S/C14H20N2OS/c1-14(2,3)9-4-5-10-12(8-9)18-11(6-7-15)13(17)16-10/h4-5,8,11H,6-7,15H2,1-3H3,(H,16,17). The molecular weight excluding hydrogens is 244 g/mol. The molecule has 1 heterocycles. The fraction of sp³-hybridized carbons (Fsp3) is 0.500. The molecule has 0 fully saturated rings. The van der Waals surface area contributed by atoms with Crippen molar-refractivity contribution < 1.29 is 4.79 Å². The van der Waals surface area contributed by atoms with Gasteiger partial charge in [-0.15, -0.1) is 11.8 Å². The highest BCUT2D eigenvalue weighted by molar-refractivity contribution is 8.01. The van der Waals surface area contributed by atoms with Crippen molar-refractivity contribution in [2.75, 3.05) is 11.9 Å². The molecule has 1 aromatic carbocycles. The molecule has 0 saturated heterocycles. The van der Waals surface area contributed by atoms with Crippen molar-refractivity contribution in [2.45, 2.75) is 42.8 Å². The maximum atomic E-state index is 11.8. The fourth-order valence-corrected chi connectivity index (χ4v) is 3.12. The molecule has 2 rings (SSSR count). The number of nitrogens with two attached hydrogens (primary N) is 1. The smallest absolute Gasteiger partial charge is 0.237 e. The molecule has 0 saturated carbocycles. The predicted octanol–water partition coefficient (Wildman–Crippen LogP) is 2.75. The van der Waals surface area contributed by atoms with Gasteiger partial charge >= 0.3 is 0 Å². The Morgan fingerprint density at radius 1 is 1.39 bits per heavy atom. The van der Waals surface area contributed by atoms with E-state index in [4.69, 9.17) is 5.73 Å². The lowest BCUT2D eigenvalue weighted by atomic mass is 9.87. The van der Waals surface area contributed by atoms with Crippen LogP contribution in [0.1, 0.15) is 32.8 Å². The minimum absolute atomic E-state index is 0.0577. The van der Waals surface area contributed by atoms with Crippen LogP contribution in [0.5, 0.6) is 0 Å². The Labute approximate surface area is 113 Å². The van der Waals surface area contributed by atoms with Gasteiger partial charge in [0.05, 0.1) is 10.9 Å². The van der Waals surface area contributed by atoms with E-state index in [1.54, 1.807) is 11.8 Å². The first kappa shape index (κ1) is 13.4. The number of thioether (sulfide) groups is 1. The van der Waals surface area contributed by atoms with Crippen molar-refractivity contribution in [3.63, 3.8) is 0 Å². The van der Waals surface area contributed by atoms with E-state index in [0.717, 1.165) is 17.0 Å². The van der Waals surface area contributed by atoms with Gasteiger partial charge in [-0.25, -0.2) is 0 Å². The van der Waals surface area contributed by atoms with E-state index < -0.39 is 0 Å². The van der Waals surface area contributed by atoms with Gasteiger partial charge in [-0.3, -0.25) is 4.79 Å². The lowest BCUT2D eigenvalue weighted by molar-refractivity contribution is -0.115. The lowest BCUT2D eigenvalue weighted by Gasteiger charge is -2.26. The van der Waals surface area contributed by atoms with E-state index in [0.29, 0.717) is 6.54 Å².